The van der Waals surface area contributed by atoms with Gasteiger partial charge in [-0.05, 0) is 85.6 Å². The topological polar surface area (TPSA) is 36.9 Å². The summed E-state index contributed by atoms with van der Waals surface area (Å²) in [6, 6.07) is 25.4. The first kappa shape index (κ1) is 35.8. The maximum atomic E-state index is 6.06. The molecule has 0 N–H and O–H groups in total. The molecule has 2 heterocycles. The molecule has 0 fully saturated rings. The second-order valence-electron chi connectivity index (χ2n) is 12.5. The number of hydrogen-bond donors (Lipinski definition) is 0. The second-order valence-corrected chi connectivity index (χ2v) is 14.6. The van der Waals surface area contributed by atoms with Crippen LogP contribution in [0.1, 0.15) is 90.9 Å². The predicted octanol–water partition coefficient (Wildman–Crippen LogP) is 13.6. The van der Waals surface area contributed by atoms with Crippen LogP contribution in [0.2, 0.25) is 0 Å². The van der Waals surface area contributed by atoms with Crippen molar-refractivity contribution in [1.82, 2.24) is 0 Å². The Hall–Kier alpha value is -3.48. The molecule has 0 atom stereocenters. The van der Waals surface area contributed by atoms with Crippen molar-refractivity contribution < 1.29 is 18.9 Å². The molecular weight excluding hydrogens is 633 g/mol. The number of thiophene rings is 2. The van der Waals surface area contributed by atoms with Gasteiger partial charge in [-0.25, -0.2) is 0 Å². The maximum absolute atomic E-state index is 6.06. The third-order valence-corrected chi connectivity index (χ3v) is 11.1. The summed E-state index contributed by atoms with van der Waals surface area (Å²) < 4.78 is 27.8. The number of methoxy groups -OCH3 is 2. The van der Waals surface area contributed by atoms with Crippen LogP contribution in [0.5, 0.6) is 23.0 Å². The van der Waals surface area contributed by atoms with Crippen molar-refractivity contribution in [3.8, 4) is 23.0 Å². The van der Waals surface area contributed by atoms with E-state index in [0.717, 1.165) is 49.1 Å². The van der Waals surface area contributed by atoms with Crippen LogP contribution in [0.25, 0.3) is 40.3 Å². The molecule has 6 rings (SSSR count). The van der Waals surface area contributed by atoms with Crippen LogP contribution in [0.4, 0.5) is 0 Å². The minimum atomic E-state index is 0.812. The van der Waals surface area contributed by atoms with E-state index in [4.69, 9.17) is 18.9 Å². The lowest BCUT2D eigenvalue weighted by molar-refractivity contribution is 0.304. The molecule has 6 heteroatoms. The van der Waals surface area contributed by atoms with E-state index in [9.17, 15) is 0 Å². The largest absolute Gasteiger partial charge is 0.497 e. The monoisotopic (exact) mass is 684 g/mol. The highest BCUT2D eigenvalue weighted by Gasteiger charge is 2.09. The highest BCUT2D eigenvalue weighted by molar-refractivity contribution is 7.26. The van der Waals surface area contributed by atoms with Crippen molar-refractivity contribution in [2.45, 2.75) is 90.9 Å². The number of unbranched alkanes of at least 4 members (excludes halogenated alkanes) is 10. The van der Waals surface area contributed by atoms with Crippen LogP contribution in [-0.2, 0) is 0 Å². The fraction of sp³-hybridized carbons (Fsp3) is 0.429. The van der Waals surface area contributed by atoms with Gasteiger partial charge in [0.05, 0.1) is 27.4 Å². The van der Waals surface area contributed by atoms with E-state index in [1.807, 2.05) is 23.5 Å². The van der Waals surface area contributed by atoms with Crippen molar-refractivity contribution in [3.63, 3.8) is 0 Å². The summed E-state index contributed by atoms with van der Waals surface area (Å²) in [4.78, 5) is 0. The molecule has 4 aromatic carbocycles. The van der Waals surface area contributed by atoms with Crippen molar-refractivity contribution in [3.05, 3.63) is 72.8 Å². The van der Waals surface area contributed by atoms with Crippen LogP contribution in [0.15, 0.2) is 72.8 Å². The average molecular weight is 685 g/mol. The molecule has 0 spiro atoms. The molecule has 4 nitrogen and oxygen atoms in total. The molecule has 0 bridgehead atoms. The minimum Gasteiger partial charge on any atom is -0.497 e. The molecular formula is C42H52O4S2. The average Bonchev–Trinajstić information content (AvgIpc) is 3.67. The van der Waals surface area contributed by atoms with E-state index in [2.05, 4.69) is 74.5 Å². The minimum absolute atomic E-state index is 0.812. The van der Waals surface area contributed by atoms with Gasteiger partial charge in [0.25, 0.3) is 0 Å². The Kier molecular flexibility index (Phi) is 14.1. The van der Waals surface area contributed by atoms with E-state index in [0.29, 0.717) is 0 Å². The van der Waals surface area contributed by atoms with E-state index >= 15 is 0 Å². The molecule has 2 aromatic heterocycles. The lowest BCUT2D eigenvalue weighted by Crippen LogP contribution is -1.97. The zero-order valence-electron chi connectivity index (χ0n) is 29.3. The van der Waals surface area contributed by atoms with Crippen molar-refractivity contribution in [2.75, 3.05) is 27.4 Å². The quantitative estimate of drug-likeness (QED) is 0.0845. The van der Waals surface area contributed by atoms with Gasteiger partial charge in [0, 0.05) is 40.3 Å². The molecule has 48 heavy (non-hydrogen) atoms. The Morgan fingerprint density at radius 1 is 0.396 bits per heavy atom. The fourth-order valence-corrected chi connectivity index (χ4v) is 8.18. The Bertz CT molecular complexity index is 1720. The molecule has 0 aliphatic rings. The van der Waals surface area contributed by atoms with Gasteiger partial charge in [-0.3, -0.25) is 0 Å². The highest BCUT2D eigenvalue weighted by Crippen LogP contribution is 2.39. The Morgan fingerprint density at radius 2 is 0.708 bits per heavy atom. The first-order valence-electron chi connectivity index (χ1n) is 17.9. The highest BCUT2D eigenvalue weighted by atomic mass is 32.1. The van der Waals surface area contributed by atoms with E-state index in [1.165, 1.54) is 105 Å². The summed E-state index contributed by atoms with van der Waals surface area (Å²) >= 11 is 3.64. The van der Waals surface area contributed by atoms with Crippen molar-refractivity contribution in [2.24, 2.45) is 0 Å². The third-order valence-electron chi connectivity index (χ3n) is 8.83. The van der Waals surface area contributed by atoms with Crippen LogP contribution < -0.4 is 18.9 Å². The number of rotatable bonds is 18. The number of fused-ring (bicyclic) bond motifs is 6. The van der Waals surface area contributed by atoms with Crippen molar-refractivity contribution >= 4 is 63.0 Å². The van der Waals surface area contributed by atoms with Gasteiger partial charge in [-0.2, -0.15) is 0 Å². The summed E-state index contributed by atoms with van der Waals surface area (Å²) in [6.07, 6.45) is 15.5. The summed E-state index contributed by atoms with van der Waals surface area (Å²) in [6.45, 7) is 6.15. The van der Waals surface area contributed by atoms with E-state index in [1.54, 1.807) is 25.6 Å². The zero-order chi connectivity index (χ0) is 33.6. The summed E-state index contributed by atoms with van der Waals surface area (Å²) in [5.74, 6) is 3.75. The maximum Gasteiger partial charge on any atom is 0.120 e. The van der Waals surface area contributed by atoms with Crippen LogP contribution in [-0.4, -0.2) is 27.4 Å². The molecule has 0 amide bonds. The molecule has 0 radical (unpaired) electrons. The Labute approximate surface area is 295 Å². The van der Waals surface area contributed by atoms with Crippen LogP contribution >= 0.6 is 22.7 Å². The van der Waals surface area contributed by atoms with Crippen LogP contribution in [0.3, 0.4) is 0 Å². The summed E-state index contributed by atoms with van der Waals surface area (Å²) in [7, 11) is 3.38. The zero-order valence-corrected chi connectivity index (χ0v) is 30.9. The molecule has 0 aliphatic carbocycles. The number of benzene rings is 4. The summed E-state index contributed by atoms with van der Waals surface area (Å²) in [5.41, 5.74) is 0. The molecule has 0 saturated carbocycles. The smallest absolute Gasteiger partial charge is 0.120 e. The second kappa shape index (κ2) is 18.9. The Morgan fingerprint density at radius 3 is 1.06 bits per heavy atom. The number of ether oxygens (including phenoxy) is 4. The van der Waals surface area contributed by atoms with Gasteiger partial charge >= 0.3 is 0 Å². The SMILES string of the molecule is CCCCCCCCOc1ccc2sc3ccc(OCCCCCCCC)cc3c2c1.COc1ccc2sc3ccc(OC)cc3c2c1. The lowest BCUT2D eigenvalue weighted by atomic mass is 10.1. The van der Waals surface area contributed by atoms with Gasteiger partial charge in [0.15, 0.2) is 0 Å². The normalized spacial score (nSPS) is 11.2. The van der Waals surface area contributed by atoms with Gasteiger partial charge in [0.2, 0.25) is 0 Å². The lowest BCUT2D eigenvalue weighted by Gasteiger charge is -2.07. The van der Waals surface area contributed by atoms with Crippen LogP contribution in [0, 0.1) is 0 Å². The fourth-order valence-electron chi connectivity index (χ4n) is 6.05. The van der Waals surface area contributed by atoms with E-state index < -0.39 is 0 Å². The van der Waals surface area contributed by atoms with Gasteiger partial charge < -0.3 is 18.9 Å². The third kappa shape index (κ3) is 9.79. The van der Waals surface area contributed by atoms with E-state index in [-0.39, 0.29) is 0 Å². The Balaban J connectivity index is 0.000000221. The molecule has 256 valence electrons. The van der Waals surface area contributed by atoms with Crippen molar-refractivity contribution in [1.29, 1.82) is 0 Å². The predicted molar refractivity (Wildman–Crippen MR) is 210 cm³/mol. The standard InChI is InChI=1S/C28H40O2S.C14H12O2S/c1-3-5-7-9-11-13-19-29-23-15-17-27-25(21-23)26-22-24(16-18-28(26)31-27)30-20-14-12-10-8-6-4-2;1-15-9-3-5-13-11(7-9)12-8-10(16-2)4-6-14(12)17-13/h15-18,21-22H,3-14,19-20H2,1-2H3;3-8H,1-2H3. The molecule has 6 aromatic rings. The first-order chi connectivity index (χ1) is 23.6. The summed E-state index contributed by atoms with van der Waals surface area (Å²) in [5, 5.41) is 5.02. The molecule has 0 aliphatic heterocycles. The van der Waals surface area contributed by atoms with Gasteiger partial charge in [-0.1, -0.05) is 78.1 Å². The molecule has 0 unspecified atom stereocenters. The first-order valence-corrected chi connectivity index (χ1v) is 19.5. The molecule has 0 saturated heterocycles. The van der Waals surface area contributed by atoms with Gasteiger partial charge in [0.1, 0.15) is 23.0 Å². The van der Waals surface area contributed by atoms with Gasteiger partial charge in [-0.15, -0.1) is 22.7 Å². The number of hydrogen-bond acceptors (Lipinski definition) is 6.